The van der Waals surface area contributed by atoms with E-state index in [-0.39, 0.29) is 0 Å². The maximum atomic E-state index is 2.18. The lowest BCUT2D eigenvalue weighted by molar-refractivity contribution is 1.50. The van der Waals surface area contributed by atoms with Crippen LogP contribution in [0.2, 0.25) is 0 Å². The predicted molar refractivity (Wildman–Crippen MR) is 34.5 cm³/mol. The molecule has 40 valence electrons. The molecule has 0 bridgehead atoms. The van der Waals surface area contributed by atoms with Gasteiger partial charge in [-0.3, -0.25) is 0 Å². The SMILES string of the molecule is C1=CC(=C2CC2)C=C1. The van der Waals surface area contributed by atoms with E-state index in [9.17, 15) is 0 Å². The Hall–Kier alpha value is -0.780. The van der Waals surface area contributed by atoms with E-state index in [1.165, 1.54) is 18.4 Å². The molecule has 8 heavy (non-hydrogen) atoms. The molecule has 0 aromatic rings. The van der Waals surface area contributed by atoms with Gasteiger partial charge in [-0.2, -0.15) is 0 Å². The van der Waals surface area contributed by atoms with Gasteiger partial charge in [0.15, 0.2) is 0 Å². The van der Waals surface area contributed by atoms with Crippen LogP contribution in [0, 0.1) is 0 Å². The van der Waals surface area contributed by atoms with E-state index in [2.05, 4.69) is 24.3 Å². The van der Waals surface area contributed by atoms with Crippen molar-refractivity contribution in [2.75, 3.05) is 0 Å². The average molecular weight is 104 g/mol. The van der Waals surface area contributed by atoms with Crippen molar-refractivity contribution < 1.29 is 0 Å². The maximum Gasteiger partial charge on any atom is -0.0264 e. The van der Waals surface area contributed by atoms with Gasteiger partial charge in [0, 0.05) is 0 Å². The highest BCUT2D eigenvalue weighted by Crippen LogP contribution is 2.33. The Labute approximate surface area is 49.2 Å². The van der Waals surface area contributed by atoms with Gasteiger partial charge in [0.05, 0.1) is 0 Å². The molecule has 0 aromatic heterocycles. The molecule has 0 amide bonds. The van der Waals surface area contributed by atoms with E-state index in [0.717, 1.165) is 0 Å². The van der Waals surface area contributed by atoms with Crippen LogP contribution in [-0.2, 0) is 0 Å². The van der Waals surface area contributed by atoms with Crippen LogP contribution < -0.4 is 0 Å². The quantitative estimate of drug-likeness (QED) is 0.442. The fourth-order valence-corrected chi connectivity index (χ4v) is 0.961. The molecule has 0 atom stereocenters. The molecule has 0 nitrogen and oxygen atoms in total. The van der Waals surface area contributed by atoms with Crippen LogP contribution in [0.4, 0.5) is 0 Å². The van der Waals surface area contributed by atoms with Crippen LogP contribution in [0.15, 0.2) is 35.5 Å². The van der Waals surface area contributed by atoms with Gasteiger partial charge in [0.25, 0.3) is 0 Å². The highest BCUT2D eigenvalue weighted by atomic mass is 14.2. The van der Waals surface area contributed by atoms with Crippen LogP contribution in [0.3, 0.4) is 0 Å². The molecule has 1 fully saturated rings. The lowest BCUT2D eigenvalue weighted by Gasteiger charge is -1.80. The first kappa shape index (κ1) is 4.13. The van der Waals surface area contributed by atoms with Gasteiger partial charge in [0.1, 0.15) is 0 Å². The zero-order valence-electron chi connectivity index (χ0n) is 4.72. The molecule has 2 aliphatic rings. The Kier molecular flexibility index (Phi) is 0.696. The third-order valence-electron chi connectivity index (χ3n) is 1.57. The zero-order valence-corrected chi connectivity index (χ0v) is 4.72. The molecule has 0 N–H and O–H groups in total. The van der Waals surface area contributed by atoms with E-state index < -0.39 is 0 Å². The van der Waals surface area contributed by atoms with Crippen molar-refractivity contribution in [2.45, 2.75) is 12.8 Å². The van der Waals surface area contributed by atoms with Crippen LogP contribution in [0.1, 0.15) is 12.8 Å². The van der Waals surface area contributed by atoms with Crippen molar-refractivity contribution in [3.63, 3.8) is 0 Å². The molecular formula is C8H8. The second-order valence-corrected chi connectivity index (χ2v) is 2.28. The molecular weight excluding hydrogens is 96.1 g/mol. The van der Waals surface area contributed by atoms with Crippen molar-refractivity contribution in [3.8, 4) is 0 Å². The highest BCUT2D eigenvalue weighted by molar-refractivity contribution is 5.46. The molecule has 0 aliphatic heterocycles. The lowest BCUT2D eigenvalue weighted by atomic mass is 10.3. The van der Waals surface area contributed by atoms with E-state index >= 15 is 0 Å². The summed E-state index contributed by atoms with van der Waals surface area (Å²) in [7, 11) is 0. The molecule has 0 spiro atoms. The Morgan fingerprint density at radius 3 is 2.12 bits per heavy atom. The second-order valence-electron chi connectivity index (χ2n) is 2.28. The number of allylic oxidation sites excluding steroid dienone is 6. The van der Waals surface area contributed by atoms with Gasteiger partial charge in [-0.1, -0.05) is 29.9 Å². The van der Waals surface area contributed by atoms with Crippen LogP contribution in [0.5, 0.6) is 0 Å². The van der Waals surface area contributed by atoms with Crippen LogP contribution >= 0.6 is 0 Å². The van der Waals surface area contributed by atoms with Crippen molar-refractivity contribution in [1.29, 1.82) is 0 Å². The molecule has 0 unspecified atom stereocenters. The topological polar surface area (TPSA) is 0 Å². The summed E-state index contributed by atoms with van der Waals surface area (Å²) in [6, 6.07) is 0. The molecule has 1 saturated carbocycles. The van der Waals surface area contributed by atoms with Crippen molar-refractivity contribution in [1.82, 2.24) is 0 Å². The van der Waals surface area contributed by atoms with Gasteiger partial charge >= 0.3 is 0 Å². The normalized spacial score (nSPS) is 23.0. The summed E-state index contributed by atoms with van der Waals surface area (Å²) in [6.45, 7) is 0. The summed E-state index contributed by atoms with van der Waals surface area (Å²) in [6.07, 6.45) is 11.2. The summed E-state index contributed by atoms with van der Waals surface area (Å²) in [5.41, 5.74) is 3.10. The first-order chi connectivity index (χ1) is 3.97. The summed E-state index contributed by atoms with van der Waals surface area (Å²) >= 11 is 0. The fourth-order valence-electron chi connectivity index (χ4n) is 0.961. The minimum atomic E-state index is 1.34. The van der Waals surface area contributed by atoms with Crippen molar-refractivity contribution in [3.05, 3.63) is 35.5 Å². The third-order valence-corrected chi connectivity index (χ3v) is 1.57. The fraction of sp³-hybridized carbons (Fsp3) is 0.250. The first-order valence-corrected chi connectivity index (χ1v) is 3.03. The van der Waals surface area contributed by atoms with Crippen LogP contribution in [-0.4, -0.2) is 0 Å². The zero-order chi connectivity index (χ0) is 5.40. The van der Waals surface area contributed by atoms with Crippen molar-refractivity contribution in [2.24, 2.45) is 0 Å². The number of hydrogen-bond donors (Lipinski definition) is 0. The monoisotopic (exact) mass is 104 g/mol. The molecule has 0 heterocycles. The Bertz CT molecular complexity index is 172. The lowest BCUT2D eigenvalue weighted by Crippen LogP contribution is -1.60. The maximum absolute atomic E-state index is 2.18. The number of hydrogen-bond acceptors (Lipinski definition) is 0. The summed E-state index contributed by atoms with van der Waals surface area (Å²) in [4.78, 5) is 0. The van der Waals surface area contributed by atoms with Crippen molar-refractivity contribution >= 4 is 0 Å². The first-order valence-electron chi connectivity index (χ1n) is 3.03. The van der Waals surface area contributed by atoms with E-state index in [4.69, 9.17) is 0 Å². The summed E-state index contributed by atoms with van der Waals surface area (Å²) in [5.74, 6) is 0. The van der Waals surface area contributed by atoms with Gasteiger partial charge < -0.3 is 0 Å². The molecule has 0 radical (unpaired) electrons. The predicted octanol–water partition coefficient (Wildman–Crippen LogP) is 2.20. The molecule has 0 aromatic carbocycles. The van der Waals surface area contributed by atoms with E-state index in [0.29, 0.717) is 0 Å². The summed E-state index contributed by atoms with van der Waals surface area (Å²) in [5, 5.41) is 0. The van der Waals surface area contributed by atoms with Gasteiger partial charge in [-0.25, -0.2) is 0 Å². The Morgan fingerprint density at radius 2 is 1.62 bits per heavy atom. The standard InChI is InChI=1S/C8H8/c1-2-4-7(3-1)8-5-6-8/h1-4H,5-6H2. The van der Waals surface area contributed by atoms with E-state index in [1.807, 2.05) is 0 Å². The Balaban J connectivity index is 2.40. The van der Waals surface area contributed by atoms with Crippen LogP contribution in [0.25, 0.3) is 0 Å². The third kappa shape index (κ3) is 0.532. The average Bonchev–Trinajstić information content (AvgIpc) is 2.49. The Morgan fingerprint density at radius 1 is 1.00 bits per heavy atom. The van der Waals surface area contributed by atoms with Gasteiger partial charge in [-0.05, 0) is 18.4 Å². The number of rotatable bonds is 0. The van der Waals surface area contributed by atoms with Gasteiger partial charge in [0.2, 0.25) is 0 Å². The second kappa shape index (κ2) is 1.35. The largest absolute Gasteiger partial charge is 0.0623 e. The minimum Gasteiger partial charge on any atom is -0.0623 e. The molecule has 0 saturated heterocycles. The molecule has 2 rings (SSSR count). The minimum absolute atomic E-state index is 1.34. The van der Waals surface area contributed by atoms with E-state index in [1.54, 1.807) is 5.57 Å². The smallest absolute Gasteiger partial charge is 0.0264 e. The summed E-state index contributed by atoms with van der Waals surface area (Å²) < 4.78 is 0. The van der Waals surface area contributed by atoms with Gasteiger partial charge in [-0.15, -0.1) is 0 Å². The highest BCUT2D eigenvalue weighted by Gasteiger charge is 2.14. The molecule has 0 heteroatoms. The molecule has 2 aliphatic carbocycles.